The minimum atomic E-state index is -0.581. The van der Waals surface area contributed by atoms with E-state index in [0.29, 0.717) is 11.3 Å². The van der Waals surface area contributed by atoms with Crippen LogP contribution in [-0.2, 0) is 4.79 Å². The number of nitro groups is 1. The van der Waals surface area contributed by atoms with E-state index in [9.17, 15) is 20.2 Å². The van der Waals surface area contributed by atoms with Gasteiger partial charge in [0.1, 0.15) is 28.2 Å². The van der Waals surface area contributed by atoms with Crippen molar-refractivity contribution in [2.75, 3.05) is 0 Å². The summed E-state index contributed by atoms with van der Waals surface area (Å²) >= 11 is 5.80. The second-order valence-corrected chi connectivity index (χ2v) is 5.99. The van der Waals surface area contributed by atoms with E-state index in [1.807, 2.05) is 19.9 Å². The number of carbonyl (C=O) groups excluding carboxylic acids is 1. The Morgan fingerprint density at radius 1 is 1.46 bits per heavy atom. The molecule has 1 aromatic carbocycles. The molecule has 26 heavy (non-hydrogen) atoms. The summed E-state index contributed by atoms with van der Waals surface area (Å²) in [5.74, 6) is 0.158. The molecule has 0 aliphatic carbocycles. The van der Waals surface area contributed by atoms with E-state index < -0.39 is 10.8 Å². The molecule has 0 saturated heterocycles. The fraction of sp³-hybridized carbons (Fsp3) is 0.222. The molecule has 1 aromatic heterocycles. The highest BCUT2D eigenvalue weighted by molar-refractivity contribution is 6.32. The van der Waals surface area contributed by atoms with Crippen LogP contribution in [0.5, 0.6) is 0 Å². The van der Waals surface area contributed by atoms with E-state index in [4.69, 9.17) is 16.0 Å². The van der Waals surface area contributed by atoms with Gasteiger partial charge in [-0.2, -0.15) is 5.26 Å². The lowest BCUT2D eigenvalue weighted by atomic mass is 10.1. The van der Waals surface area contributed by atoms with Gasteiger partial charge in [-0.25, -0.2) is 0 Å². The quantitative estimate of drug-likeness (QED) is 0.350. The Kier molecular flexibility index (Phi) is 6.15. The van der Waals surface area contributed by atoms with Crippen LogP contribution >= 0.6 is 11.6 Å². The minimum Gasteiger partial charge on any atom is -0.457 e. The Balaban J connectivity index is 2.29. The molecular formula is C18H16ClN3O4. The van der Waals surface area contributed by atoms with Crippen LogP contribution in [0.2, 0.25) is 5.02 Å². The molecule has 0 fully saturated rings. The number of nitro benzene ring substituents is 1. The first-order valence-electron chi connectivity index (χ1n) is 7.82. The first kappa shape index (κ1) is 19.2. The van der Waals surface area contributed by atoms with E-state index in [-0.39, 0.29) is 28.1 Å². The van der Waals surface area contributed by atoms with Crippen LogP contribution in [0.1, 0.15) is 26.0 Å². The largest absolute Gasteiger partial charge is 0.457 e. The highest BCUT2D eigenvalue weighted by atomic mass is 35.5. The number of carbonyl (C=O) groups is 1. The number of nitriles is 1. The second kappa shape index (κ2) is 8.32. The van der Waals surface area contributed by atoms with Crippen LogP contribution < -0.4 is 5.32 Å². The lowest BCUT2D eigenvalue weighted by Crippen LogP contribution is -2.32. The molecule has 0 aliphatic rings. The summed E-state index contributed by atoms with van der Waals surface area (Å²) in [6.45, 7) is 3.76. The Labute approximate surface area is 155 Å². The van der Waals surface area contributed by atoms with Crippen molar-refractivity contribution in [2.45, 2.75) is 26.3 Å². The SMILES string of the molecule is CC[C@H](C)NC(=O)/C(C#N)=C/c1ccc(-c2ccc(Cl)c([N+](=O)[O-])c2)o1. The number of nitrogens with one attached hydrogen (secondary N) is 1. The molecule has 1 atom stereocenters. The van der Waals surface area contributed by atoms with Gasteiger partial charge in [0.15, 0.2) is 0 Å². The van der Waals surface area contributed by atoms with Gasteiger partial charge < -0.3 is 9.73 Å². The predicted molar refractivity (Wildman–Crippen MR) is 97.3 cm³/mol. The summed E-state index contributed by atoms with van der Waals surface area (Å²) in [5.41, 5.74) is 0.139. The number of amides is 1. The Bertz CT molecular complexity index is 911. The molecule has 1 heterocycles. The van der Waals surface area contributed by atoms with Gasteiger partial charge in [-0.15, -0.1) is 0 Å². The summed E-state index contributed by atoms with van der Waals surface area (Å²) in [6.07, 6.45) is 2.07. The third kappa shape index (κ3) is 4.49. The van der Waals surface area contributed by atoms with Gasteiger partial charge in [0.05, 0.1) is 4.92 Å². The standard InChI is InChI=1S/C18H16ClN3O4/c1-3-11(2)21-18(23)13(10-20)8-14-5-7-17(26-14)12-4-6-15(19)16(9-12)22(24)25/h4-9,11H,3H2,1-2H3,(H,21,23)/b13-8+/t11-/m0/s1. The fourth-order valence-electron chi connectivity index (χ4n) is 2.09. The predicted octanol–water partition coefficient (Wildman–Crippen LogP) is 4.33. The molecule has 7 nitrogen and oxygen atoms in total. The van der Waals surface area contributed by atoms with E-state index in [1.165, 1.54) is 18.2 Å². The number of halogens is 1. The molecular weight excluding hydrogens is 358 g/mol. The van der Waals surface area contributed by atoms with Crippen molar-refractivity contribution in [2.24, 2.45) is 0 Å². The maximum absolute atomic E-state index is 12.0. The van der Waals surface area contributed by atoms with Crippen LogP contribution in [0.3, 0.4) is 0 Å². The van der Waals surface area contributed by atoms with Crippen molar-refractivity contribution in [3.63, 3.8) is 0 Å². The van der Waals surface area contributed by atoms with E-state index in [1.54, 1.807) is 18.2 Å². The molecule has 0 unspecified atom stereocenters. The molecule has 0 spiro atoms. The van der Waals surface area contributed by atoms with Gasteiger partial charge in [0, 0.05) is 23.7 Å². The zero-order valence-electron chi connectivity index (χ0n) is 14.2. The van der Waals surface area contributed by atoms with Gasteiger partial charge >= 0.3 is 0 Å². The summed E-state index contributed by atoms with van der Waals surface area (Å²) in [7, 11) is 0. The van der Waals surface area contributed by atoms with Gasteiger partial charge in [0.2, 0.25) is 0 Å². The fourth-order valence-corrected chi connectivity index (χ4v) is 2.27. The zero-order chi connectivity index (χ0) is 19.3. The van der Waals surface area contributed by atoms with Gasteiger partial charge in [-0.1, -0.05) is 18.5 Å². The van der Waals surface area contributed by atoms with E-state index >= 15 is 0 Å². The number of furan rings is 1. The molecule has 0 radical (unpaired) electrons. The number of nitrogens with zero attached hydrogens (tertiary/aromatic N) is 2. The van der Waals surface area contributed by atoms with E-state index in [0.717, 1.165) is 6.42 Å². The van der Waals surface area contributed by atoms with Crippen LogP contribution in [0, 0.1) is 21.4 Å². The number of hydrogen-bond acceptors (Lipinski definition) is 5. The zero-order valence-corrected chi connectivity index (χ0v) is 14.9. The molecule has 134 valence electrons. The van der Waals surface area contributed by atoms with Crippen molar-refractivity contribution in [1.29, 1.82) is 5.26 Å². The average molecular weight is 374 g/mol. The first-order valence-corrected chi connectivity index (χ1v) is 8.20. The third-order valence-corrected chi connectivity index (χ3v) is 4.02. The lowest BCUT2D eigenvalue weighted by molar-refractivity contribution is -0.384. The monoisotopic (exact) mass is 373 g/mol. The average Bonchev–Trinajstić information content (AvgIpc) is 3.08. The molecule has 2 aromatic rings. The topological polar surface area (TPSA) is 109 Å². The number of hydrogen-bond donors (Lipinski definition) is 1. The molecule has 1 N–H and O–H groups in total. The number of rotatable bonds is 6. The molecule has 0 aliphatic heterocycles. The summed E-state index contributed by atoms with van der Waals surface area (Å²) in [4.78, 5) is 22.5. The van der Waals surface area contributed by atoms with Crippen LogP contribution in [-0.4, -0.2) is 16.9 Å². The molecule has 1 amide bonds. The number of benzene rings is 1. The maximum atomic E-state index is 12.0. The summed E-state index contributed by atoms with van der Waals surface area (Å²) in [6, 6.07) is 9.26. The molecule has 8 heteroatoms. The van der Waals surface area contributed by atoms with Crippen molar-refractivity contribution in [3.05, 3.63) is 56.8 Å². The highest BCUT2D eigenvalue weighted by Gasteiger charge is 2.16. The van der Waals surface area contributed by atoms with Gasteiger partial charge in [0.25, 0.3) is 11.6 Å². The van der Waals surface area contributed by atoms with Gasteiger partial charge in [-0.3, -0.25) is 14.9 Å². The maximum Gasteiger partial charge on any atom is 0.288 e. The minimum absolute atomic E-state index is 0.0268. The Morgan fingerprint density at radius 3 is 2.81 bits per heavy atom. The van der Waals surface area contributed by atoms with E-state index in [2.05, 4.69) is 5.32 Å². The summed E-state index contributed by atoms with van der Waals surface area (Å²) in [5, 5.41) is 22.9. The molecule has 0 bridgehead atoms. The molecule has 2 rings (SSSR count). The first-order chi connectivity index (χ1) is 12.3. The lowest BCUT2D eigenvalue weighted by Gasteiger charge is -2.09. The van der Waals surface area contributed by atoms with Crippen LogP contribution in [0.25, 0.3) is 17.4 Å². The third-order valence-electron chi connectivity index (χ3n) is 3.70. The van der Waals surface area contributed by atoms with Crippen LogP contribution in [0.15, 0.2) is 40.3 Å². The van der Waals surface area contributed by atoms with Crippen LogP contribution in [0.4, 0.5) is 5.69 Å². The van der Waals surface area contributed by atoms with Gasteiger partial charge in [-0.05, 0) is 37.6 Å². The normalized spacial score (nSPS) is 12.3. The highest BCUT2D eigenvalue weighted by Crippen LogP contribution is 2.31. The van der Waals surface area contributed by atoms with Crippen molar-refractivity contribution >= 4 is 29.3 Å². The summed E-state index contributed by atoms with van der Waals surface area (Å²) < 4.78 is 5.58. The smallest absolute Gasteiger partial charge is 0.288 e. The second-order valence-electron chi connectivity index (χ2n) is 5.58. The Hall–Kier alpha value is -3.11. The Morgan fingerprint density at radius 2 is 2.19 bits per heavy atom. The molecule has 0 saturated carbocycles. The van der Waals surface area contributed by atoms with Crippen molar-refractivity contribution in [1.82, 2.24) is 5.32 Å². The van der Waals surface area contributed by atoms with Crippen molar-refractivity contribution in [3.8, 4) is 17.4 Å². The van der Waals surface area contributed by atoms with Crippen molar-refractivity contribution < 1.29 is 14.1 Å².